The summed E-state index contributed by atoms with van der Waals surface area (Å²) < 4.78 is 28.0. The zero-order valence-corrected chi connectivity index (χ0v) is 13.0. The molecule has 20 heavy (non-hydrogen) atoms. The van der Waals surface area contributed by atoms with E-state index in [0.717, 1.165) is 25.7 Å². The lowest BCUT2D eigenvalue weighted by Crippen LogP contribution is -2.55. The van der Waals surface area contributed by atoms with Crippen LogP contribution in [0.25, 0.3) is 0 Å². The first-order chi connectivity index (χ1) is 9.24. The zero-order valence-electron chi connectivity index (χ0n) is 12.2. The highest BCUT2D eigenvalue weighted by atomic mass is 32.2. The Labute approximate surface area is 120 Å². The molecule has 0 aromatic heterocycles. The van der Waals surface area contributed by atoms with Gasteiger partial charge >= 0.3 is 5.97 Å². The lowest BCUT2D eigenvalue weighted by Gasteiger charge is -2.40. The second-order valence-electron chi connectivity index (χ2n) is 6.53. The molecule has 1 N–H and O–H groups in total. The quantitative estimate of drug-likeness (QED) is 0.852. The van der Waals surface area contributed by atoms with Gasteiger partial charge in [0.1, 0.15) is 6.04 Å². The lowest BCUT2D eigenvalue weighted by atomic mass is 9.83. The molecule has 0 spiro atoms. The van der Waals surface area contributed by atoms with E-state index in [1.807, 2.05) is 0 Å². The Balaban J connectivity index is 2.15. The third-order valence-corrected chi connectivity index (χ3v) is 6.48. The van der Waals surface area contributed by atoms with Gasteiger partial charge in [-0.1, -0.05) is 13.8 Å². The predicted molar refractivity (Wildman–Crippen MR) is 75.5 cm³/mol. The van der Waals surface area contributed by atoms with Crippen molar-refractivity contribution in [2.24, 2.45) is 5.41 Å². The minimum absolute atomic E-state index is 0.167. The second-order valence-corrected chi connectivity index (χ2v) is 8.41. The Morgan fingerprint density at radius 2 is 1.75 bits per heavy atom. The molecule has 2 saturated heterocycles. The van der Waals surface area contributed by atoms with Gasteiger partial charge in [-0.2, -0.15) is 17.0 Å². The number of rotatable bonds is 3. The van der Waals surface area contributed by atoms with Gasteiger partial charge in [-0.25, -0.2) is 0 Å². The van der Waals surface area contributed by atoms with Crippen LogP contribution in [0.4, 0.5) is 0 Å². The molecule has 0 radical (unpaired) electrons. The summed E-state index contributed by atoms with van der Waals surface area (Å²) in [4.78, 5) is 11.3. The Morgan fingerprint density at radius 1 is 1.15 bits per heavy atom. The summed E-state index contributed by atoms with van der Waals surface area (Å²) in [6.07, 6.45) is 3.56. The fraction of sp³-hybridized carbons (Fsp3) is 0.923. The van der Waals surface area contributed by atoms with Crippen molar-refractivity contribution in [1.82, 2.24) is 8.61 Å². The number of piperidine rings is 2. The average molecular weight is 304 g/mol. The van der Waals surface area contributed by atoms with Crippen molar-refractivity contribution >= 4 is 16.2 Å². The molecule has 2 rings (SSSR count). The van der Waals surface area contributed by atoms with Crippen molar-refractivity contribution < 1.29 is 18.3 Å². The highest BCUT2D eigenvalue weighted by Crippen LogP contribution is 2.32. The largest absolute Gasteiger partial charge is 0.480 e. The van der Waals surface area contributed by atoms with Crippen molar-refractivity contribution in [3.05, 3.63) is 0 Å². The number of nitrogens with zero attached hydrogens (tertiary/aromatic N) is 2. The van der Waals surface area contributed by atoms with Crippen LogP contribution >= 0.6 is 0 Å². The van der Waals surface area contributed by atoms with E-state index >= 15 is 0 Å². The van der Waals surface area contributed by atoms with Gasteiger partial charge in [0.05, 0.1) is 0 Å². The van der Waals surface area contributed by atoms with Gasteiger partial charge in [0, 0.05) is 19.6 Å². The fourth-order valence-corrected chi connectivity index (χ4v) is 4.72. The maximum atomic E-state index is 12.7. The fourth-order valence-electron chi connectivity index (χ4n) is 2.90. The third kappa shape index (κ3) is 3.15. The molecule has 0 aromatic carbocycles. The van der Waals surface area contributed by atoms with Crippen molar-refractivity contribution in [3.8, 4) is 0 Å². The Bertz CT molecular complexity index is 465. The van der Waals surface area contributed by atoms with Crippen LogP contribution in [-0.2, 0) is 15.0 Å². The van der Waals surface area contributed by atoms with Crippen LogP contribution in [0.5, 0.6) is 0 Å². The molecule has 2 fully saturated rings. The Hall–Kier alpha value is -0.660. The minimum Gasteiger partial charge on any atom is -0.480 e. The average Bonchev–Trinajstić information content (AvgIpc) is 2.38. The SMILES string of the molecule is CC1(C)CCN(S(=O)(=O)N2CCCCC2C(=O)O)CC1. The van der Waals surface area contributed by atoms with E-state index in [-0.39, 0.29) is 5.41 Å². The normalized spacial score (nSPS) is 29.2. The summed E-state index contributed by atoms with van der Waals surface area (Å²) in [5.74, 6) is -1.04. The molecular formula is C13H24N2O4S. The summed E-state index contributed by atoms with van der Waals surface area (Å²) in [7, 11) is -3.64. The standard InChI is InChI=1S/C13H24N2O4S/c1-13(2)6-9-14(10-7-13)20(18,19)15-8-4-3-5-11(15)12(16)17/h11H,3-10H2,1-2H3,(H,16,17). The molecule has 116 valence electrons. The molecule has 0 aromatic rings. The molecule has 6 nitrogen and oxygen atoms in total. The molecule has 0 aliphatic carbocycles. The van der Waals surface area contributed by atoms with Crippen molar-refractivity contribution in [2.75, 3.05) is 19.6 Å². The highest BCUT2D eigenvalue weighted by Gasteiger charge is 2.41. The molecule has 0 bridgehead atoms. The van der Waals surface area contributed by atoms with Gasteiger partial charge in [0.25, 0.3) is 10.2 Å². The Kier molecular flexibility index (Phi) is 4.41. The summed E-state index contributed by atoms with van der Waals surface area (Å²) in [5.41, 5.74) is 0.167. The van der Waals surface area contributed by atoms with E-state index in [0.29, 0.717) is 26.1 Å². The molecule has 1 unspecified atom stereocenters. The molecule has 2 aliphatic heterocycles. The van der Waals surface area contributed by atoms with Crippen LogP contribution in [0.1, 0.15) is 46.0 Å². The zero-order chi connectivity index (χ0) is 15.0. The number of carboxylic acid groups (broad SMARTS) is 1. The molecule has 2 heterocycles. The van der Waals surface area contributed by atoms with Crippen molar-refractivity contribution in [3.63, 3.8) is 0 Å². The van der Waals surface area contributed by atoms with Gasteiger partial charge in [0.15, 0.2) is 0 Å². The van der Waals surface area contributed by atoms with Crippen molar-refractivity contribution in [1.29, 1.82) is 0 Å². The number of hydrogen-bond donors (Lipinski definition) is 1. The molecule has 0 saturated carbocycles. The maximum absolute atomic E-state index is 12.7. The van der Waals surface area contributed by atoms with E-state index < -0.39 is 22.2 Å². The van der Waals surface area contributed by atoms with Crippen molar-refractivity contribution in [2.45, 2.75) is 52.0 Å². The van der Waals surface area contributed by atoms with Crippen LogP contribution < -0.4 is 0 Å². The molecule has 7 heteroatoms. The van der Waals surface area contributed by atoms with Crippen LogP contribution in [0, 0.1) is 5.41 Å². The van der Waals surface area contributed by atoms with Gasteiger partial charge in [-0.05, 0) is 37.5 Å². The van der Waals surface area contributed by atoms with E-state index in [1.54, 1.807) is 0 Å². The lowest BCUT2D eigenvalue weighted by molar-refractivity contribution is -0.142. The van der Waals surface area contributed by atoms with Gasteiger partial charge < -0.3 is 5.11 Å². The number of aliphatic carboxylic acids is 1. The van der Waals surface area contributed by atoms with E-state index in [4.69, 9.17) is 0 Å². The minimum atomic E-state index is -3.64. The first kappa shape index (κ1) is 15.7. The number of carbonyl (C=O) groups is 1. The summed E-state index contributed by atoms with van der Waals surface area (Å²) >= 11 is 0. The second kappa shape index (κ2) is 5.61. The molecule has 1 atom stereocenters. The van der Waals surface area contributed by atoms with Crippen LogP contribution in [0.15, 0.2) is 0 Å². The van der Waals surface area contributed by atoms with Gasteiger partial charge in [-0.15, -0.1) is 0 Å². The van der Waals surface area contributed by atoms with Gasteiger partial charge in [0.2, 0.25) is 0 Å². The molecule has 2 aliphatic rings. The predicted octanol–water partition coefficient (Wildman–Crippen LogP) is 1.29. The molecule has 0 amide bonds. The third-order valence-electron chi connectivity index (χ3n) is 4.44. The first-order valence-corrected chi connectivity index (χ1v) is 8.63. The van der Waals surface area contributed by atoms with Gasteiger partial charge in [-0.3, -0.25) is 4.79 Å². The van der Waals surface area contributed by atoms with Crippen LogP contribution in [0.3, 0.4) is 0 Å². The van der Waals surface area contributed by atoms with Crippen LogP contribution in [-0.4, -0.2) is 53.8 Å². The number of hydrogen-bond acceptors (Lipinski definition) is 3. The maximum Gasteiger partial charge on any atom is 0.322 e. The number of carboxylic acids is 1. The van der Waals surface area contributed by atoms with E-state index in [9.17, 15) is 18.3 Å². The monoisotopic (exact) mass is 304 g/mol. The Morgan fingerprint density at radius 3 is 2.30 bits per heavy atom. The van der Waals surface area contributed by atoms with E-state index in [2.05, 4.69) is 13.8 Å². The first-order valence-electron chi connectivity index (χ1n) is 7.24. The summed E-state index contributed by atoms with van der Waals surface area (Å²) in [6.45, 7) is 5.56. The van der Waals surface area contributed by atoms with E-state index in [1.165, 1.54) is 8.61 Å². The smallest absolute Gasteiger partial charge is 0.322 e. The summed E-state index contributed by atoms with van der Waals surface area (Å²) in [6, 6.07) is -0.899. The topological polar surface area (TPSA) is 77.9 Å². The van der Waals surface area contributed by atoms with Crippen LogP contribution in [0.2, 0.25) is 0 Å². The summed E-state index contributed by atoms with van der Waals surface area (Å²) in [5, 5.41) is 9.23. The molecular weight excluding hydrogens is 280 g/mol. The highest BCUT2D eigenvalue weighted by molar-refractivity contribution is 7.86.